The number of methoxy groups -OCH3 is 1. The van der Waals surface area contributed by atoms with Crippen molar-refractivity contribution < 1.29 is 40.2 Å². The molecule has 0 fully saturated rings. The van der Waals surface area contributed by atoms with Crippen molar-refractivity contribution in [1.82, 2.24) is 5.43 Å². The molecular weight excluding hydrogens is 480 g/mol. The Labute approximate surface area is 181 Å². The van der Waals surface area contributed by atoms with Crippen LogP contribution >= 0.6 is 23.2 Å². The highest BCUT2D eigenvalue weighted by molar-refractivity contribution is 6.42. The molecule has 1 N–H and O–H groups in total. The summed E-state index contributed by atoms with van der Waals surface area (Å²) in [6.07, 6.45) is -5.85. The molecule has 13 heteroatoms. The lowest BCUT2D eigenvalue weighted by atomic mass is 10.2. The van der Waals surface area contributed by atoms with E-state index in [1.807, 2.05) is 0 Å². The number of hydrogen-bond acceptors (Lipinski definition) is 4. The number of nitrogens with zero attached hydrogens (tertiary/aromatic N) is 1. The van der Waals surface area contributed by atoms with E-state index in [9.17, 15) is 30.7 Å². The van der Waals surface area contributed by atoms with Crippen LogP contribution in [0.2, 0.25) is 10.0 Å². The van der Waals surface area contributed by atoms with E-state index in [2.05, 4.69) is 5.10 Å². The molecule has 0 spiro atoms. The first kappa shape index (κ1) is 24.9. The Balaban J connectivity index is 2.09. The van der Waals surface area contributed by atoms with E-state index in [0.717, 1.165) is 0 Å². The summed E-state index contributed by atoms with van der Waals surface area (Å²) in [5, 5.41) is 3.46. The molecule has 0 aliphatic heterocycles. The normalized spacial score (nSPS) is 12.8. The zero-order valence-corrected chi connectivity index (χ0v) is 16.9. The quantitative estimate of drug-likeness (QED) is 0.203. The van der Waals surface area contributed by atoms with Gasteiger partial charge in [0.25, 0.3) is 0 Å². The maximum Gasteiger partial charge on any atom is 0.462 e. The standard InChI is InChI=1S/C18H13Cl2F7N2O2/c1-30-15-7-10(8-28-29-18(26,27)16(21,22)17(23,24)25)3-5-14(15)31-9-11-2-4-12(19)13(20)6-11/h2-8,29H,9H2,1H3/b28-8+. The smallest absolute Gasteiger partial charge is 0.462 e. The third-order valence-electron chi connectivity index (χ3n) is 3.73. The van der Waals surface area contributed by atoms with Gasteiger partial charge in [-0.1, -0.05) is 29.3 Å². The average molecular weight is 493 g/mol. The number of nitrogens with one attached hydrogen (secondary N) is 1. The van der Waals surface area contributed by atoms with Crippen molar-refractivity contribution in [3.8, 4) is 11.5 Å². The molecule has 0 saturated heterocycles. The molecular formula is C18H13Cl2F7N2O2. The summed E-state index contributed by atoms with van der Waals surface area (Å²) in [6.45, 7) is 0.0704. The Kier molecular flexibility index (Phi) is 7.53. The zero-order chi connectivity index (χ0) is 23.4. The highest BCUT2D eigenvalue weighted by Crippen LogP contribution is 2.45. The molecule has 0 heterocycles. The SMILES string of the molecule is COc1cc(/C=N/NC(F)(F)C(F)(F)C(F)(F)F)ccc1OCc1ccc(Cl)c(Cl)c1. The molecule has 2 rings (SSSR count). The lowest BCUT2D eigenvalue weighted by molar-refractivity contribution is -0.361. The van der Waals surface area contributed by atoms with Crippen LogP contribution in [0.25, 0.3) is 0 Å². The predicted octanol–water partition coefficient (Wildman–Crippen LogP) is 6.29. The van der Waals surface area contributed by atoms with E-state index in [-0.39, 0.29) is 23.7 Å². The van der Waals surface area contributed by atoms with Gasteiger partial charge >= 0.3 is 18.1 Å². The Morgan fingerprint density at radius 3 is 2.19 bits per heavy atom. The molecule has 0 saturated carbocycles. The zero-order valence-electron chi connectivity index (χ0n) is 15.4. The molecule has 0 radical (unpaired) electrons. The van der Waals surface area contributed by atoms with Gasteiger partial charge in [-0.2, -0.15) is 35.8 Å². The van der Waals surface area contributed by atoms with Crippen molar-refractivity contribution in [1.29, 1.82) is 0 Å². The van der Waals surface area contributed by atoms with Crippen molar-refractivity contribution in [2.24, 2.45) is 5.10 Å². The van der Waals surface area contributed by atoms with Gasteiger partial charge in [-0.3, -0.25) is 0 Å². The second-order valence-electron chi connectivity index (χ2n) is 5.96. The average Bonchev–Trinajstić information content (AvgIpc) is 2.68. The Hall–Kier alpha value is -2.40. The minimum absolute atomic E-state index is 0.0531. The molecule has 2 aromatic rings. The highest BCUT2D eigenvalue weighted by atomic mass is 35.5. The van der Waals surface area contributed by atoms with E-state index in [1.54, 1.807) is 18.2 Å². The van der Waals surface area contributed by atoms with Crippen molar-refractivity contribution in [3.05, 3.63) is 57.6 Å². The number of alkyl halides is 7. The molecule has 4 nitrogen and oxygen atoms in total. The van der Waals surface area contributed by atoms with Gasteiger partial charge in [0.2, 0.25) is 0 Å². The maximum atomic E-state index is 13.2. The van der Waals surface area contributed by atoms with Gasteiger partial charge in [-0.25, -0.2) is 5.43 Å². The summed E-state index contributed by atoms with van der Waals surface area (Å²) < 4.78 is 98.9. The number of hydrogen-bond donors (Lipinski definition) is 1. The molecule has 0 bridgehead atoms. The largest absolute Gasteiger partial charge is 0.493 e. The lowest BCUT2D eigenvalue weighted by Gasteiger charge is -2.27. The fraction of sp³-hybridized carbons (Fsp3) is 0.278. The summed E-state index contributed by atoms with van der Waals surface area (Å²) in [4.78, 5) is 0. The molecule has 0 aromatic heterocycles. The van der Waals surface area contributed by atoms with E-state index in [0.29, 0.717) is 27.2 Å². The second-order valence-corrected chi connectivity index (χ2v) is 6.78. The summed E-state index contributed by atoms with van der Waals surface area (Å²) in [7, 11) is 1.28. The molecule has 0 amide bonds. The summed E-state index contributed by atoms with van der Waals surface area (Å²) in [6, 6.07) is 3.07. The van der Waals surface area contributed by atoms with Crippen LogP contribution in [-0.2, 0) is 6.61 Å². The van der Waals surface area contributed by atoms with Gasteiger partial charge in [0.05, 0.1) is 23.4 Å². The second kappa shape index (κ2) is 9.39. The van der Waals surface area contributed by atoms with Crippen LogP contribution in [0.15, 0.2) is 41.5 Å². The van der Waals surface area contributed by atoms with Crippen LogP contribution in [0.5, 0.6) is 11.5 Å². The maximum absolute atomic E-state index is 13.2. The van der Waals surface area contributed by atoms with Crippen molar-refractivity contribution in [2.75, 3.05) is 7.11 Å². The molecule has 0 atom stereocenters. The number of rotatable bonds is 8. The topological polar surface area (TPSA) is 42.8 Å². The van der Waals surface area contributed by atoms with Gasteiger partial charge < -0.3 is 9.47 Å². The molecule has 2 aromatic carbocycles. The fourth-order valence-electron chi connectivity index (χ4n) is 2.11. The number of benzene rings is 2. The van der Waals surface area contributed by atoms with Crippen LogP contribution in [0, 0.1) is 0 Å². The van der Waals surface area contributed by atoms with E-state index >= 15 is 0 Å². The van der Waals surface area contributed by atoms with Crippen LogP contribution in [0.1, 0.15) is 11.1 Å². The van der Waals surface area contributed by atoms with E-state index in [4.69, 9.17) is 32.7 Å². The van der Waals surface area contributed by atoms with Crippen LogP contribution in [-0.4, -0.2) is 31.5 Å². The molecule has 0 aliphatic rings. The predicted molar refractivity (Wildman–Crippen MR) is 100 cm³/mol. The highest BCUT2D eigenvalue weighted by Gasteiger charge is 2.73. The third-order valence-corrected chi connectivity index (χ3v) is 4.47. The monoisotopic (exact) mass is 492 g/mol. The molecule has 0 aliphatic carbocycles. The molecule has 0 unspecified atom stereocenters. The number of hydrazone groups is 1. The van der Waals surface area contributed by atoms with Gasteiger partial charge in [0.15, 0.2) is 11.5 Å². The number of ether oxygens (including phenoxy) is 2. The third kappa shape index (κ3) is 5.85. The first-order valence-electron chi connectivity index (χ1n) is 8.16. The van der Waals surface area contributed by atoms with Crippen molar-refractivity contribution in [3.63, 3.8) is 0 Å². The lowest BCUT2D eigenvalue weighted by Crippen LogP contribution is -2.58. The Morgan fingerprint density at radius 2 is 1.61 bits per heavy atom. The molecule has 170 valence electrons. The number of halogens is 9. The first-order valence-corrected chi connectivity index (χ1v) is 8.91. The minimum Gasteiger partial charge on any atom is -0.493 e. The van der Waals surface area contributed by atoms with E-state index in [1.165, 1.54) is 25.3 Å². The van der Waals surface area contributed by atoms with Gasteiger partial charge in [-0.15, -0.1) is 0 Å². The summed E-state index contributed by atoms with van der Waals surface area (Å²) in [5.74, 6) is -5.97. The molecule has 31 heavy (non-hydrogen) atoms. The fourth-order valence-corrected chi connectivity index (χ4v) is 2.43. The van der Waals surface area contributed by atoms with E-state index < -0.39 is 18.1 Å². The Bertz CT molecular complexity index is 953. The Morgan fingerprint density at radius 1 is 0.935 bits per heavy atom. The van der Waals surface area contributed by atoms with Gasteiger partial charge in [0, 0.05) is 0 Å². The van der Waals surface area contributed by atoms with Gasteiger partial charge in [0.1, 0.15) is 6.61 Å². The first-order chi connectivity index (χ1) is 14.3. The van der Waals surface area contributed by atoms with Crippen LogP contribution < -0.4 is 14.9 Å². The van der Waals surface area contributed by atoms with Crippen LogP contribution in [0.3, 0.4) is 0 Å². The van der Waals surface area contributed by atoms with Gasteiger partial charge in [-0.05, 0) is 41.5 Å². The minimum atomic E-state index is -6.46. The summed E-state index contributed by atoms with van der Waals surface area (Å²) >= 11 is 11.7. The summed E-state index contributed by atoms with van der Waals surface area (Å²) in [5.41, 5.74) is 1.27. The van der Waals surface area contributed by atoms with Crippen molar-refractivity contribution >= 4 is 29.4 Å². The van der Waals surface area contributed by atoms with Crippen LogP contribution in [0.4, 0.5) is 30.7 Å². The van der Waals surface area contributed by atoms with Crippen molar-refractivity contribution in [2.45, 2.75) is 24.8 Å².